The monoisotopic (exact) mass is 237 g/mol. The molecule has 1 aliphatic heterocycles. The summed E-state index contributed by atoms with van der Waals surface area (Å²) in [6, 6.07) is 6.76. The maximum Gasteiger partial charge on any atom is 0.328 e. The van der Waals surface area contributed by atoms with Crippen molar-refractivity contribution in [1.29, 1.82) is 0 Å². The Kier molecular flexibility index (Phi) is 3.49. The molecule has 0 aliphatic carbocycles. The highest BCUT2D eigenvalue weighted by Crippen LogP contribution is 2.30. The minimum absolute atomic E-state index is 0.202. The number of benzene rings is 1. The van der Waals surface area contributed by atoms with Gasteiger partial charge in [-0.3, -0.25) is 0 Å². The number of ether oxygens (including phenoxy) is 2. The average molecular weight is 237 g/mol. The molecule has 0 saturated carbocycles. The number of carboxylic acid groups (broad SMARTS) is 1. The summed E-state index contributed by atoms with van der Waals surface area (Å²) in [7, 11) is 1.58. The number of methoxy groups -OCH3 is 1. The lowest BCUT2D eigenvalue weighted by Crippen LogP contribution is -2.50. The van der Waals surface area contributed by atoms with Gasteiger partial charge in [0.25, 0.3) is 0 Å². The number of hydrogen-bond acceptors (Lipinski definition) is 4. The zero-order chi connectivity index (χ0) is 12.3. The van der Waals surface area contributed by atoms with Gasteiger partial charge in [-0.1, -0.05) is 12.1 Å². The molecule has 1 heterocycles. The molecule has 0 aromatic heterocycles. The Morgan fingerprint density at radius 3 is 3.00 bits per heavy atom. The van der Waals surface area contributed by atoms with Crippen LogP contribution in [-0.2, 0) is 9.53 Å². The van der Waals surface area contributed by atoms with Gasteiger partial charge in [0.2, 0.25) is 0 Å². The second kappa shape index (κ2) is 5.05. The summed E-state index contributed by atoms with van der Waals surface area (Å²) in [5.74, 6) is -0.198. The second-order valence-electron chi connectivity index (χ2n) is 3.79. The van der Waals surface area contributed by atoms with Crippen molar-refractivity contribution in [1.82, 2.24) is 0 Å². The molecule has 0 bridgehead atoms. The van der Waals surface area contributed by atoms with Crippen LogP contribution < -0.4 is 9.64 Å². The first kappa shape index (κ1) is 11.7. The van der Waals surface area contributed by atoms with E-state index in [1.54, 1.807) is 7.11 Å². The third-order valence-electron chi connectivity index (χ3n) is 2.81. The molecule has 1 aliphatic rings. The van der Waals surface area contributed by atoms with Gasteiger partial charge in [0, 0.05) is 6.54 Å². The summed E-state index contributed by atoms with van der Waals surface area (Å²) < 4.78 is 10.5. The van der Waals surface area contributed by atoms with Crippen LogP contribution in [-0.4, -0.2) is 44.0 Å². The summed E-state index contributed by atoms with van der Waals surface area (Å²) in [5, 5.41) is 9.17. The molecule has 1 aromatic carbocycles. The minimum atomic E-state index is -0.879. The molecule has 1 aromatic rings. The van der Waals surface area contributed by atoms with Crippen molar-refractivity contribution < 1.29 is 19.4 Å². The standard InChI is InChI=1S/C12H15NO4/c1-16-11-5-3-2-4-9(11)13-6-7-17-8-10(13)12(14)15/h2-5,10H,6-8H2,1H3,(H,14,15). The molecule has 2 rings (SSSR count). The van der Waals surface area contributed by atoms with Crippen molar-refractivity contribution in [3.05, 3.63) is 24.3 Å². The van der Waals surface area contributed by atoms with Crippen LogP contribution in [0.1, 0.15) is 0 Å². The lowest BCUT2D eigenvalue weighted by molar-refractivity contribution is -0.141. The lowest BCUT2D eigenvalue weighted by atomic mass is 10.1. The molecule has 1 atom stereocenters. The minimum Gasteiger partial charge on any atom is -0.495 e. The van der Waals surface area contributed by atoms with Crippen LogP contribution >= 0.6 is 0 Å². The highest BCUT2D eigenvalue weighted by Gasteiger charge is 2.30. The van der Waals surface area contributed by atoms with Crippen LogP contribution in [0.2, 0.25) is 0 Å². The molecule has 0 radical (unpaired) electrons. The number of nitrogens with zero attached hydrogens (tertiary/aromatic N) is 1. The van der Waals surface area contributed by atoms with Crippen LogP contribution in [0.5, 0.6) is 5.75 Å². The van der Waals surface area contributed by atoms with Gasteiger partial charge in [0.1, 0.15) is 5.75 Å². The average Bonchev–Trinajstić information content (AvgIpc) is 2.38. The fraction of sp³-hybridized carbons (Fsp3) is 0.417. The molecule has 1 saturated heterocycles. The zero-order valence-electron chi connectivity index (χ0n) is 9.63. The highest BCUT2D eigenvalue weighted by atomic mass is 16.5. The number of morpholine rings is 1. The molecule has 5 nitrogen and oxygen atoms in total. The van der Waals surface area contributed by atoms with E-state index in [0.717, 1.165) is 5.69 Å². The molecule has 0 amide bonds. The summed E-state index contributed by atoms with van der Waals surface area (Å²) in [6.45, 7) is 1.28. The summed E-state index contributed by atoms with van der Waals surface area (Å²) >= 11 is 0. The summed E-state index contributed by atoms with van der Waals surface area (Å²) in [4.78, 5) is 13.0. The summed E-state index contributed by atoms with van der Waals surface area (Å²) in [6.07, 6.45) is 0. The second-order valence-corrected chi connectivity index (χ2v) is 3.79. The van der Waals surface area contributed by atoms with E-state index in [-0.39, 0.29) is 6.61 Å². The lowest BCUT2D eigenvalue weighted by Gasteiger charge is -2.35. The van der Waals surface area contributed by atoms with Crippen molar-refractivity contribution in [2.45, 2.75) is 6.04 Å². The molecule has 0 spiro atoms. The van der Waals surface area contributed by atoms with E-state index in [9.17, 15) is 9.90 Å². The Morgan fingerprint density at radius 2 is 2.29 bits per heavy atom. The largest absolute Gasteiger partial charge is 0.495 e. The number of carboxylic acids is 1. The number of aliphatic carboxylic acids is 1. The first-order valence-corrected chi connectivity index (χ1v) is 5.44. The van der Waals surface area contributed by atoms with Crippen LogP contribution in [0.15, 0.2) is 24.3 Å². The van der Waals surface area contributed by atoms with E-state index in [4.69, 9.17) is 9.47 Å². The smallest absolute Gasteiger partial charge is 0.328 e. The number of carbonyl (C=O) groups is 1. The molecule has 1 N–H and O–H groups in total. The van der Waals surface area contributed by atoms with Gasteiger partial charge in [-0.25, -0.2) is 4.79 Å². The Morgan fingerprint density at radius 1 is 1.53 bits per heavy atom. The van der Waals surface area contributed by atoms with Gasteiger partial charge >= 0.3 is 5.97 Å². The fourth-order valence-corrected chi connectivity index (χ4v) is 1.96. The summed E-state index contributed by atoms with van der Waals surface area (Å²) in [5.41, 5.74) is 0.797. The number of para-hydroxylation sites is 2. The molecule has 1 fully saturated rings. The van der Waals surface area contributed by atoms with Gasteiger partial charge in [-0.2, -0.15) is 0 Å². The molecule has 1 unspecified atom stereocenters. The van der Waals surface area contributed by atoms with Gasteiger partial charge in [-0.15, -0.1) is 0 Å². The van der Waals surface area contributed by atoms with Crippen LogP contribution in [0.3, 0.4) is 0 Å². The fourth-order valence-electron chi connectivity index (χ4n) is 1.96. The molecule has 92 valence electrons. The quantitative estimate of drug-likeness (QED) is 0.849. The number of hydrogen-bond donors (Lipinski definition) is 1. The predicted octanol–water partition coefficient (Wildman–Crippen LogP) is 0.985. The molecular formula is C12H15NO4. The van der Waals surface area contributed by atoms with Gasteiger partial charge in [0.05, 0.1) is 26.0 Å². The zero-order valence-corrected chi connectivity index (χ0v) is 9.63. The molecule has 17 heavy (non-hydrogen) atoms. The Hall–Kier alpha value is -1.75. The number of anilines is 1. The Labute approximate surface area is 99.6 Å². The van der Waals surface area contributed by atoms with Crippen molar-refractivity contribution in [3.63, 3.8) is 0 Å². The van der Waals surface area contributed by atoms with Crippen molar-refractivity contribution in [2.75, 3.05) is 31.8 Å². The first-order chi connectivity index (χ1) is 8.24. The molecule has 5 heteroatoms. The van der Waals surface area contributed by atoms with Crippen LogP contribution in [0, 0.1) is 0 Å². The van der Waals surface area contributed by atoms with Crippen LogP contribution in [0.4, 0.5) is 5.69 Å². The van der Waals surface area contributed by atoms with E-state index >= 15 is 0 Å². The SMILES string of the molecule is COc1ccccc1N1CCOCC1C(=O)O. The topological polar surface area (TPSA) is 59.0 Å². The van der Waals surface area contributed by atoms with E-state index in [1.807, 2.05) is 29.2 Å². The predicted molar refractivity (Wildman–Crippen MR) is 62.6 cm³/mol. The molecular weight excluding hydrogens is 222 g/mol. The highest BCUT2D eigenvalue weighted by molar-refractivity contribution is 5.79. The third kappa shape index (κ3) is 2.34. The Bertz CT molecular complexity index is 407. The maximum atomic E-state index is 11.2. The van der Waals surface area contributed by atoms with Crippen molar-refractivity contribution in [2.24, 2.45) is 0 Å². The van der Waals surface area contributed by atoms with Gasteiger partial charge in [0.15, 0.2) is 6.04 Å². The van der Waals surface area contributed by atoms with Crippen LogP contribution in [0.25, 0.3) is 0 Å². The van der Waals surface area contributed by atoms with Crippen molar-refractivity contribution >= 4 is 11.7 Å². The first-order valence-electron chi connectivity index (χ1n) is 5.44. The number of rotatable bonds is 3. The van der Waals surface area contributed by atoms with Gasteiger partial charge in [-0.05, 0) is 12.1 Å². The van der Waals surface area contributed by atoms with Crippen molar-refractivity contribution in [3.8, 4) is 5.75 Å². The maximum absolute atomic E-state index is 11.2. The Balaban J connectivity index is 2.32. The van der Waals surface area contributed by atoms with E-state index in [2.05, 4.69) is 0 Å². The third-order valence-corrected chi connectivity index (χ3v) is 2.81. The van der Waals surface area contributed by atoms with E-state index < -0.39 is 12.0 Å². The van der Waals surface area contributed by atoms with E-state index in [0.29, 0.717) is 18.9 Å². The normalized spacial score (nSPS) is 20.1. The van der Waals surface area contributed by atoms with Gasteiger partial charge < -0.3 is 19.5 Å². The van der Waals surface area contributed by atoms with E-state index in [1.165, 1.54) is 0 Å².